The molecule has 7 heteroatoms. The van der Waals surface area contributed by atoms with Crippen LogP contribution < -0.4 is 5.56 Å². The van der Waals surface area contributed by atoms with Crippen molar-refractivity contribution in [2.75, 3.05) is 0 Å². The molecule has 3 aromatic heterocycles. The molecule has 0 atom stereocenters. The Bertz CT molecular complexity index is 1160. The van der Waals surface area contributed by atoms with Gasteiger partial charge in [0.1, 0.15) is 8.07 Å². The number of pyridine rings is 2. The van der Waals surface area contributed by atoms with Crippen LogP contribution in [0.2, 0.25) is 19.6 Å². The largest absolute Gasteiger partial charge is 0.306 e. The molecule has 0 amide bonds. The second-order valence-electron chi connectivity index (χ2n) is 8.14. The molecular weight excluding hydrogens is 392 g/mol. The van der Waals surface area contributed by atoms with Gasteiger partial charge < -0.3 is 4.57 Å². The maximum atomic E-state index is 13.0. The van der Waals surface area contributed by atoms with E-state index in [4.69, 9.17) is 0 Å². The van der Waals surface area contributed by atoms with Crippen molar-refractivity contribution in [3.05, 3.63) is 81.8 Å². The third-order valence-corrected chi connectivity index (χ3v) is 5.38. The minimum absolute atomic E-state index is 0.0381. The van der Waals surface area contributed by atoms with E-state index in [2.05, 4.69) is 41.2 Å². The van der Waals surface area contributed by atoms with Crippen LogP contribution in [0.5, 0.6) is 0 Å². The molecule has 3 heterocycles. The fourth-order valence-electron chi connectivity index (χ4n) is 3.03. The Kier molecular flexibility index (Phi) is 6.48. The van der Waals surface area contributed by atoms with Crippen molar-refractivity contribution in [3.63, 3.8) is 0 Å². The van der Waals surface area contributed by atoms with E-state index in [1.165, 1.54) is 10.6 Å². The highest BCUT2D eigenvalue weighted by atomic mass is 28.3. The molecule has 0 unspecified atom stereocenters. The normalized spacial score (nSPS) is 11.1. The average molecular weight is 419 g/mol. The molecule has 3 aromatic rings. The van der Waals surface area contributed by atoms with E-state index in [1.807, 2.05) is 25.1 Å². The molecule has 3 rings (SSSR count). The third kappa shape index (κ3) is 5.42. The first-order valence-corrected chi connectivity index (χ1v) is 13.5. The van der Waals surface area contributed by atoms with Crippen LogP contribution in [-0.4, -0.2) is 33.2 Å². The van der Waals surface area contributed by atoms with Crippen molar-refractivity contribution in [3.8, 4) is 11.5 Å². The minimum Gasteiger partial charge on any atom is -0.306 e. The number of rotatable bonds is 6. The first-order chi connectivity index (χ1) is 14.3. The van der Waals surface area contributed by atoms with E-state index in [0.717, 1.165) is 17.0 Å². The Balaban J connectivity index is 1.84. The Labute approximate surface area is 177 Å². The fraction of sp³-hybridized carbons (Fsp3) is 0.304. The lowest BCUT2D eigenvalue weighted by atomic mass is 10.1. The van der Waals surface area contributed by atoms with E-state index in [9.17, 15) is 9.59 Å². The standard InChI is InChI=1S/C23H26N4O2Si/c1-5-21-20(14-25-27(21)16-19-8-6-7-12-24-19)22(28)17-26-15-18(9-10-23(26)29)11-13-30(2,3)4/h6-10,12,14-15H,5,16-17H2,1-4H3. The quantitative estimate of drug-likeness (QED) is 0.350. The van der Waals surface area contributed by atoms with Gasteiger partial charge in [-0.3, -0.25) is 19.3 Å². The smallest absolute Gasteiger partial charge is 0.251 e. The highest BCUT2D eigenvalue weighted by Gasteiger charge is 2.17. The molecule has 0 bridgehead atoms. The molecule has 0 saturated heterocycles. The highest BCUT2D eigenvalue weighted by molar-refractivity contribution is 6.83. The van der Waals surface area contributed by atoms with E-state index < -0.39 is 8.07 Å². The third-order valence-electron chi connectivity index (χ3n) is 4.50. The average Bonchev–Trinajstić information content (AvgIpc) is 3.11. The van der Waals surface area contributed by atoms with Crippen LogP contribution in [0.15, 0.2) is 53.7 Å². The van der Waals surface area contributed by atoms with Gasteiger partial charge in [0, 0.05) is 29.7 Å². The van der Waals surface area contributed by atoms with Gasteiger partial charge in [-0.1, -0.05) is 38.6 Å². The fourth-order valence-corrected chi connectivity index (χ4v) is 3.55. The van der Waals surface area contributed by atoms with Crippen molar-refractivity contribution in [1.29, 1.82) is 0 Å². The molecule has 154 valence electrons. The predicted octanol–water partition coefficient (Wildman–Crippen LogP) is 3.16. The SMILES string of the molecule is CCc1c(C(=O)Cn2cc(C#C[Si](C)(C)C)ccc2=O)cnn1Cc1ccccn1. The lowest BCUT2D eigenvalue weighted by molar-refractivity contribution is 0.0969. The van der Waals surface area contributed by atoms with Crippen molar-refractivity contribution >= 4 is 13.9 Å². The highest BCUT2D eigenvalue weighted by Crippen LogP contribution is 2.13. The van der Waals surface area contributed by atoms with Crippen molar-refractivity contribution in [2.45, 2.75) is 46.1 Å². The molecule has 0 aliphatic carbocycles. The second-order valence-corrected chi connectivity index (χ2v) is 12.9. The van der Waals surface area contributed by atoms with E-state index in [1.54, 1.807) is 29.3 Å². The van der Waals surface area contributed by atoms with Gasteiger partial charge in [0.25, 0.3) is 5.56 Å². The number of aromatic nitrogens is 4. The molecular formula is C23H26N4O2Si. The van der Waals surface area contributed by atoms with Crippen molar-refractivity contribution < 1.29 is 4.79 Å². The molecule has 0 N–H and O–H groups in total. The Morgan fingerprint density at radius 1 is 1.17 bits per heavy atom. The Morgan fingerprint density at radius 3 is 2.63 bits per heavy atom. The molecule has 6 nitrogen and oxygen atoms in total. The lowest BCUT2D eigenvalue weighted by Crippen LogP contribution is -2.24. The lowest BCUT2D eigenvalue weighted by Gasteiger charge is -2.09. The molecule has 0 aliphatic heterocycles. The molecule has 0 aliphatic rings. The number of hydrogen-bond donors (Lipinski definition) is 0. The predicted molar refractivity (Wildman–Crippen MR) is 120 cm³/mol. The van der Waals surface area contributed by atoms with Gasteiger partial charge in [-0.15, -0.1) is 5.54 Å². The number of carbonyl (C=O) groups is 1. The van der Waals surface area contributed by atoms with Crippen LogP contribution in [-0.2, 0) is 19.5 Å². The Morgan fingerprint density at radius 2 is 1.97 bits per heavy atom. The molecule has 0 saturated carbocycles. The van der Waals surface area contributed by atoms with Crippen LogP contribution in [0.25, 0.3) is 0 Å². The summed E-state index contributed by atoms with van der Waals surface area (Å²) in [5, 5.41) is 4.39. The number of nitrogens with zero attached hydrogens (tertiary/aromatic N) is 4. The zero-order valence-electron chi connectivity index (χ0n) is 17.8. The van der Waals surface area contributed by atoms with Gasteiger partial charge in [0.15, 0.2) is 5.78 Å². The summed E-state index contributed by atoms with van der Waals surface area (Å²) in [6.45, 7) is 8.93. The molecule has 0 radical (unpaired) electrons. The zero-order valence-corrected chi connectivity index (χ0v) is 18.8. The summed E-state index contributed by atoms with van der Waals surface area (Å²) in [6, 6.07) is 8.89. The van der Waals surface area contributed by atoms with Gasteiger partial charge in [0.05, 0.1) is 30.5 Å². The number of Topliss-reactive ketones (excluding diaryl/α,β-unsaturated/α-hetero) is 1. The van der Waals surface area contributed by atoms with E-state index >= 15 is 0 Å². The minimum atomic E-state index is -1.53. The van der Waals surface area contributed by atoms with E-state index in [0.29, 0.717) is 18.5 Å². The molecule has 0 fully saturated rings. The van der Waals surface area contributed by atoms with E-state index in [-0.39, 0.29) is 17.9 Å². The van der Waals surface area contributed by atoms with Crippen LogP contribution in [0.1, 0.15) is 34.2 Å². The van der Waals surface area contributed by atoms with Gasteiger partial charge in [0.2, 0.25) is 0 Å². The summed E-state index contributed by atoms with van der Waals surface area (Å²) >= 11 is 0. The summed E-state index contributed by atoms with van der Waals surface area (Å²) < 4.78 is 3.22. The van der Waals surface area contributed by atoms with Gasteiger partial charge in [-0.2, -0.15) is 5.10 Å². The van der Waals surface area contributed by atoms with Gasteiger partial charge in [-0.25, -0.2) is 0 Å². The van der Waals surface area contributed by atoms with Crippen LogP contribution in [0.4, 0.5) is 0 Å². The van der Waals surface area contributed by atoms with Crippen LogP contribution in [0, 0.1) is 11.5 Å². The summed E-state index contributed by atoms with van der Waals surface area (Å²) in [6.07, 6.45) is 5.65. The molecule has 0 spiro atoms. The molecule has 30 heavy (non-hydrogen) atoms. The monoisotopic (exact) mass is 418 g/mol. The van der Waals surface area contributed by atoms with Gasteiger partial charge in [-0.05, 0) is 24.6 Å². The summed E-state index contributed by atoms with van der Waals surface area (Å²) in [5.74, 6) is 2.99. The van der Waals surface area contributed by atoms with Crippen molar-refractivity contribution in [2.24, 2.45) is 0 Å². The second kappa shape index (κ2) is 9.05. The van der Waals surface area contributed by atoms with Crippen LogP contribution in [0.3, 0.4) is 0 Å². The topological polar surface area (TPSA) is 69.8 Å². The maximum Gasteiger partial charge on any atom is 0.251 e. The first kappa shape index (κ1) is 21.5. The van der Waals surface area contributed by atoms with Crippen LogP contribution >= 0.6 is 0 Å². The van der Waals surface area contributed by atoms with Gasteiger partial charge >= 0.3 is 0 Å². The summed E-state index contributed by atoms with van der Waals surface area (Å²) in [5.41, 5.74) is 6.06. The summed E-state index contributed by atoms with van der Waals surface area (Å²) in [4.78, 5) is 29.6. The molecule has 0 aromatic carbocycles. The zero-order chi connectivity index (χ0) is 21.7. The number of carbonyl (C=O) groups excluding carboxylic acids is 1. The maximum absolute atomic E-state index is 13.0. The Hall–Kier alpha value is -3.24. The van der Waals surface area contributed by atoms with Crippen molar-refractivity contribution in [1.82, 2.24) is 19.3 Å². The summed E-state index contributed by atoms with van der Waals surface area (Å²) in [7, 11) is -1.53. The number of ketones is 1. The number of hydrogen-bond acceptors (Lipinski definition) is 4. The first-order valence-electron chi connectivity index (χ1n) is 9.98.